The minimum absolute atomic E-state index is 0.218. The Labute approximate surface area is 129 Å². The molecule has 2 heterocycles. The van der Waals surface area contributed by atoms with Gasteiger partial charge in [-0.25, -0.2) is 4.98 Å². The first-order valence-electron chi connectivity index (χ1n) is 6.22. The van der Waals surface area contributed by atoms with Crippen LogP contribution in [-0.4, -0.2) is 9.97 Å². The van der Waals surface area contributed by atoms with E-state index in [0.29, 0.717) is 5.69 Å². The maximum absolute atomic E-state index is 12.8. The van der Waals surface area contributed by atoms with Crippen molar-refractivity contribution in [3.05, 3.63) is 45.7 Å². The van der Waals surface area contributed by atoms with Crippen molar-refractivity contribution in [2.45, 2.75) is 25.9 Å². The van der Waals surface area contributed by atoms with Crippen LogP contribution in [-0.2, 0) is 12.6 Å². The predicted molar refractivity (Wildman–Crippen MR) is 76.5 cm³/mol. The van der Waals surface area contributed by atoms with Gasteiger partial charge in [-0.15, -0.1) is 0 Å². The average Bonchev–Trinajstić information content (AvgIpc) is 2.37. The quantitative estimate of drug-likeness (QED) is 0.700. The van der Waals surface area contributed by atoms with Gasteiger partial charge >= 0.3 is 6.18 Å². The number of alkyl halides is 3. The van der Waals surface area contributed by atoms with Crippen LogP contribution in [0.4, 0.5) is 13.2 Å². The molecule has 0 radical (unpaired) electrons. The van der Waals surface area contributed by atoms with Gasteiger partial charge in [0.2, 0.25) is 0 Å². The molecule has 0 saturated heterocycles. The minimum Gasteiger partial charge on any atom is -0.251 e. The summed E-state index contributed by atoms with van der Waals surface area (Å²) in [5.41, 5.74) is 0.373. The Hall–Kier alpha value is -1.33. The molecule has 0 aliphatic rings. The Morgan fingerprint density at radius 3 is 2.38 bits per heavy atom. The Morgan fingerprint density at radius 2 is 1.81 bits per heavy atom. The number of pyridine rings is 2. The van der Waals surface area contributed by atoms with E-state index in [0.717, 1.165) is 24.6 Å². The zero-order valence-corrected chi connectivity index (χ0v) is 12.5. The molecule has 0 fully saturated rings. The third-order valence-electron chi connectivity index (χ3n) is 2.79. The minimum atomic E-state index is -4.64. The number of halogens is 5. The highest BCUT2D eigenvalue weighted by atomic mass is 35.5. The summed E-state index contributed by atoms with van der Waals surface area (Å²) in [6, 6.07) is 6.41. The average molecular weight is 335 g/mol. The number of aryl methyl sites for hydroxylation is 1. The standard InChI is InChI=1S/C14H11Cl2F3N2/c1-2-4-8-5-3-6-10(20-8)11-7-9(15)12(13(16)21-11)14(17,18)19/h3,5-7H,2,4H2,1H3. The van der Waals surface area contributed by atoms with Gasteiger partial charge in [0.15, 0.2) is 0 Å². The molecule has 0 atom stereocenters. The molecule has 112 valence electrons. The van der Waals surface area contributed by atoms with E-state index in [-0.39, 0.29) is 5.69 Å². The lowest BCUT2D eigenvalue weighted by molar-refractivity contribution is -0.137. The fourth-order valence-corrected chi connectivity index (χ4v) is 2.53. The van der Waals surface area contributed by atoms with Gasteiger partial charge in [-0.1, -0.05) is 42.6 Å². The van der Waals surface area contributed by atoms with E-state index in [2.05, 4.69) is 9.97 Å². The van der Waals surface area contributed by atoms with Crippen LogP contribution in [0.5, 0.6) is 0 Å². The maximum atomic E-state index is 12.8. The molecule has 2 aromatic heterocycles. The van der Waals surface area contributed by atoms with E-state index >= 15 is 0 Å². The van der Waals surface area contributed by atoms with Crippen molar-refractivity contribution in [3.8, 4) is 11.4 Å². The van der Waals surface area contributed by atoms with E-state index in [1.807, 2.05) is 13.0 Å². The number of rotatable bonds is 3. The van der Waals surface area contributed by atoms with Crippen molar-refractivity contribution in [3.63, 3.8) is 0 Å². The molecule has 0 spiro atoms. The number of hydrogen-bond acceptors (Lipinski definition) is 2. The summed E-state index contributed by atoms with van der Waals surface area (Å²) >= 11 is 11.3. The van der Waals surface area contributed by atoms with Crippen LogP contribution in [0.15, 0.2) is 24.3 Å². The smallest absolute Gasteiger partial charge is 0.251 e. The van der Waals surface area contributed by atoms with Gasteiger partial charge in [0.05, 0.1) is 16.4 Å². The zero-order chi connectivity index (χ0) is 15.6. The lowest BCUT2D eigenvalue weighted by Gasteiger charge is -2.12. The second-order valence-electron chi connectivity index (χ2n) is 4.42. The second kappa shape index (κ2) is 6.20. The summed E-state index contributed by atoms with van der Waals surface area (Å²) in [5, 5.41) is -1.16. The topological polar surface area (TPSA) is 25.8 Å². The SMILES string of the molecule is CCCc1cccc(-c2cc(Cl)c(C(F)(F)F)c(Cl)n2)n1. The molecule has 7 heteroatoms. The van der Waals surface area contributed by atoms with Gasteiger partial charge in [0.1, 0.15) is 10.7 Å². The molecule has 0 unspecified atom stereocenters. The molecule has 0 aromatic carbocycles. The largest absolute Gasteiger partial charge is 0.420 e. The molecule has 0 aliphatic heterocycles. The molecule has 2 nitrogen and oxygen atoms in total. The number of hydrogen-bond donors (Lipinski definition) is 0. The fraction of sp³-hybridized carbons (Fsp3) is 0.286. The van der Waals surface area contributed by atoms with Crippen LogP contribution in [0, 0.1) is 0 Å². The molecular weight excluding hydrogens is 324 g/mol. The van der Waals surface area contributed by atoms with Crippen molar-refractivity contribution in [1.29, 1.82) is 0 Å². The highest BCUT2D eigenvalue weighted by Crippen LogP contribution is 2.40. The summed E-state index contributed by atoms with van der Waals surface area (Å²) in [4.78, 5) is 8.12. The number of aromatic nitrogens is 2. The first kappa shape index (κ1) is 16.0. The maximum Gasteiger partial charge on any atom is 0.420 e. The summed E-state index contributed by atoms with van der Waals surface area (Å²) in [6.07, 6.45) is -2.95. The zero-order valence-electron chi connectivity index (χ0n) is 11.0. The highest BCUT2D eigenvalue weighted by molar-refractivity contribution is 6.35. The Bertz CT molecular complexity index is 634. The third kappa shape index (κ3) is 3.66. The molecule has 0 aliphatic carbocycles. The monoisotopic (exact) mass is 334 g/mol. The van der Waals surface area contributed by atoms with Gasteiger partial charge < -0.3 is 0 Å². The van der Waals surface area contributed by atoms with Crippen LogP contribution >= 0.6 is 23.2 Å². The van der Waals surface area contributed by atoms with Crippen molar-refractivity contribution < 1.29 is 13.2 Å². The van der Waals surface area contributed by atoms with E-state index < -0.39 is 21.9 Å². The summed E-state index contributed by atoms with van der Waals surface area (Å²) in [7, 11) is 0. The van der Waals surface area contributed by atoms with E-state index in [4.69, 9.17) is 23.2 Å². The fourth-order valence-electron chi connectivity index (χ4n) is 1.89. The van der Waals surface area contributed by atoms with Crippen molar-refractivity contribution in [1.82, 2.24) is 9.97 Å². The summed E-state index contributed by atoms with van der Waals surface area (Å²) in [5.74, 6) is 0. The molecule has 0 saturated carbocycles. The molecule has 0 N–H and O–H groups in total. The van der Waals surface area contributed by atoms with Gasteiger partial charge in [-0.3, -0.25) is 4.98 Å². The lowest BCUT2D eigenvalue weighted by atomic mass is 10.1. The van der Waals surface area contributed by atoms with E-state index in [1.165, 1.54) is 0 Å². The van der Waals surface area contributed by atoms with Crippen LogP contribution < -0.4 is 0 Å². The molecule has 2 aromatic rings. The van der Waals surface area contributed by atoms with Crippen molar-refractivity contribution in [2.75, 3.05) is 0 Å². The molecular formula is C14H11Cl2F3N2. The van der Waals surface area contributed by atoms with E-state index in [1.54, 1.807) is 12.1 Å². The first-order valence-corrected chi connectivity index (χ1v) is 6.98. The normalized spacial score (nSPS) is 11.7. The number of nitrogens with zero attached hydrogens (tertiary/aromatic N) is 2. The van der Waals surface area contributed by atoms with Crippen molar-refractivity contribution >= 4 is 23.2 Å². The highest BCUT2D eigenvalue weighted by Gasteiger charge is 2.37. The molecule has 21 heavy (non-hydrogen) atoms. The van der Waals surface area contributed by atoms with Gasteiger partial charge in [0.25, 0.3) is 0 Å². The van der Waals surface area contributed by atoms with Crippen LogP contribution in [0.2, 0.25) is 10.2 Å². The van der Waals surface area contributed by atoms with Gasteiger partial charge in [-0.05, 0) is 24.6 Å². The van der Waals surface area contributed by atoms with Crippen LogP contribution in [0.25, 0.3) is 11.4 Å². The van der Waals surface area contributed by atoms with Crippen molar-refractivity contribution in [2.24, 2.45) is 0 Å². The Kier molecular flexibility index (Phi) is 4.74. The van der Waals surface area contributed by atoms with Crippen LogP contribution in [0.3, 0.4) is 0 Å². The van der Waals surface area contributed by atoms with E-state index in [9.17, 15) is 13.2 Å². The molecule has 0 bridgehead atoms. The molecule has 2 rings (SSSR count). The Balaban J connectivity index is 2.49. The first-order chi connectivity index (χ1) is 9.82. The van der Waals surface area contributed by atoms with Gasteiger partial charge in [0, 0.05) is 5.69 Å². The molecule has 0 amide bonds. The summed E-state index contributed by atoms with van der Waals surface area (Å²) < 4.78 is 38.4. The Morgan fingerprint density at radius 1 is 1.10 bits per heavy atom. The summed E-state index contributed by atoms with van der Waals surface area (Å²) in [6.45, 7) is 2.01. The third-order valence-corrected chi connectivity index (χ3v) is 3.36. The predicted octanol–water partition coefficient (Wildman–Crippen LogP) is 5.42. The van der Waals surface area contributed by atoms with Gasteiger partial charge in [-0.2, -0.15) is 13.2 Å². The van der Waals surface area contributed by atoms with Crippen LogP contribution in [0.1, 0.15) is 24.6 Å². The second-order valence-corrected chi connectivity index (χ2v) is 5.18. The lowest BCUT2D eigenvalue weighted by Crippen LogP contribution is -2.08.